The van der Waals surface area contributed by atoms with E-state index in [0.717, 1.165) is 16.9 Å². The fraction of sp³-hybridized carbons (Fsp3) is 0.462. The van der Waals surface area contributed by atoms with Gasteiger partial charge >= 0.3 is 0 Å². The summed E-state index contributed by atoms with van der Waals surface area (Å²) in [5.74, 6) is 2.08. The number of carbonyl (C=O) groups is 1. The van der Waals surface area contributed by atoms with Gasteiger partial charge in [0.1, 0.15) is 5.75 Å². The van der Waals surface area contributed by atoms with Crippen molar-refractivity contribution in [3.63, 3.8) is 0 Å². The number of ether oxygens (including phenoxy) is 1. The van der Waals surface area contributed by atoms with E-state index >= 15 is 0 Å². The maximum absolute atomic E-state index is 12.1. The van der Waals surface area contributed by atoms with Crippen LogP contribution in [0, 0.1) is 13.8 Å². The number of methoxy groups -OCH3 is 1. The van der Waals surface area contributed by atoms with Crippen LogP contribution in [-0.4, -0.2) is 24.4 Å². The van der Waals surface area contributed by atoms with E-state index in [9.17, 15) is 4.79 Å². The van der Waals surface area contributed by atoms with E-state index in [0.29, 0.717) is 22.1 Å². The molecule has 0 aromatic heterocycles. The molecule has 1 rings (SSSR count). The number of thioether (sulfide) groups is 1. The maximum atomic E-state index is 12.1. The maximum Gasteiger partial charge on any atom is 0.176 e. The van der Waals surface area contributed by atoms with Gasteiger partial charge in [-0.25, -0.2) is 0 Å². The Bertz CT molecular complexity index is 430. The van der Waals surface area contributed by atoms with Crippen molar-refractivity contribution in [2.45, 2.75) is 20.8 Å². The van der Waals surface area contributed by atoms with E-state index in [2.05, 4.69) is 0 Å². The number of rotatable bonds is 5. The van der Waals surface area contributed by atoms with Crippen LogP contribution < -0.4 is 4.74 Å². The number of aryl methyl sites for hydroxylation is 1. The van der Waals surface area contributed by atoms with Gasteiger partial charge in [-0.2, -0.15) is 11.8 Å². The normalized spacial score (nSPS) is 10.4. The molecule has 0 N–H and O–H groups in total. The van der Waals surface area contributed by atoms with E-state index in [4.69, 9.17) is 16.3 Å². The van der Waals surface area contributed by atoms with Gasteiger partial charge in [-0.15, -0.1) is 0 Å². The Morgan fingerprint density at radius 2 is 2.12 bits per heavy atom. The van der Waals surface area contributed by atoms with Crippen LogP contribution in [0.3, 0.4) is 0 Å². The third-order valence-corrected chi connectivity index (χ3v) is 4.04. The van der Waals surface area contributed by atoms with Gasteiger partial charge in [0.2, 0.25) is 0 Å². The van der Waals surface area contributed by atoms with Gasteiger partial charge in [0, 0.05) is 5.02 Å². The van der Waals surface area contributed by atoms with Crippen molar-refractivity contribution < 1.29 is 9.53 Å². The highest BCUT2D eigenvalue weighted by Crippen LogP contribution is 2.32. The van der Waals surface area contributed by atoms with Gasteiger partial charge < -0.3 is 4.74 Å². The Morgan fingerprint density at radius 3 is 2.65 bits per heavy atom. The minimum atomic E-state index is 0.0769. The number of hydrogen-bond acceptors (Lipinski definition) is 3. The first-order valence-electron chi connectivity index (χ1n) is 5.47. The molecule has 17 heavy (non-hydrogen) atoms. The number of ketones is 1. The van der Waals surface area contributed by atoms with Crippen molar-refractivity contribution in [1.29, 1.82) is 0 Å². The summed E-state index contributed by atoms with van der Waals surface area (Å²) in [5.41, 5.74) is 2.36. The number of carbonyl (C=O) groups excluding carboxylic acids is 1. The molecule has 1 aromatic rings. The molecule has 0 amide bonds. The molecule has 0 saturated carbocycles. The van der Waals surface area contributed by atoms with Crippen LogP contribution in [0.1, 0.15) is 28.4 Å². The third-order valence-electron chi connectivity index (χ3n) is 2.58. The standard InChI is InChI=1S/C13H17ClO2S/c1-5-17-7-10(15)12-9(3)13(14)8(2)6-11(12)16-4/h6H,5,7H2,1-4H3. The Kier molecular flexibility index (Phi) is 5.34. The summed E-state index contributed by atoms with van der Waals surface area (Å²) in [6.07, 6.45) is 0. The van der Waals surface area contributed by atoms with E-state index in [1.807, 2.05) is 26.8 Å². The first-order valence-corrected chi connectivity index (χ1v) is 7.00. The van der Waals surface area contributed by atoms with Crippen LogP contribution in [0.5, 0.6) is 5.75 Å². The molecular formula is C13H17ClO2S. The van der Waals surface area contributed by atoms with Gasteiger partial charge in [0.15, 0.2) is 5.78 Å². The lowest BCUT2D eigenvalue weighted by Crippen LogP contribution is -2.08. The monoisotopic (exact) mass is 272 g/mol. The second-order valence-electron chi connectivity index (χ2n) is 3.77. The van der Waals surface area contributed by atoms with E-state index in [1.54, 1.807) is 18.9 Å². The smallest absolute Gasteiger partial charge is 0.176 e. The highest BCUT2D eigenvalue weighted by atomic mass is 35.5. The average Bonchev–Trinajstić information content (AvgIpc) is 2.32. The summed E-state index contributed by atoms with van der Waals surface area (Å²) in [5, 5.41) is 0.649. The quantitative estimate of drug-likeness (QED) is 0.761. The molecule has 0 atom stereocenters. The van der Waals surface area contributed by atoms with E-state index in [1.165, 1.54) is 0 Å². The van der Waals surface area contributed by atoms with Crippen LogP contribution in [0.15, 0.2) is 6.07 Å². The van der Waals surface area contributed by atoms with Gasteiger partial charge in [-0.05, 0) is 36.8 Å². The van der Waals surface area contributed by atoms with Crippen molar-refractivity contribution in [3.05, 3.63) is 27.8 Å². The molecule has 0 aliphatic heterocycles. The predicted molar refractivity (Wildman–Crippen MR) is 74.8 cm³/mol. The first-order chi connectivity index (χ1) is 8.02. The van der Waals surface area contributed by atoms with Crippen LogP contribution in [-0.2, 0) is 0 Å². The molecule has 4 heteroatoms. The van der Waals surface area contributed by atoms with Gasteiger partial charge in [-0.1, -0.05) is 18.5 Å². The largest absolute Gasteiger partial charge is 0.496 e. The zero-order valence-corrected chi connectivity index (χ0v) is 12.2. The molecule has 0 aliphatic carbocycles. The number of halogens is 1. The van der Waals surface area contributed by atoms with Crippen LogP contribution in [0.2, 0.25) is 5.02 Å². The third kappa shape index (κ3) is 3.17. The van der Waals surface area contributed by atoms with Crippen molar-refractivity contribution in [1.82, 2.24) is 0 Å². The molecule has 0 aliphatic rings. The second kappa shape index (κ2) is 6.31. The lowest BCUT2D eigenvalue weighted by molar-refractivity contribution is 0.101. The number of Topliss-reactive ketones (excluding diaryl/α,β-unsaturated/α-hetero) is 1. The molecular weight excluding hydrogens is 256 g/mol. The molecule has 2 nitrogen and oxygen atoms in total. The summed E-state index contributed by atoms with van der Waals surface area (Å²) < 4.78 is 5.27. The van der Waals surface area contributed by atoms with Crippen LogP contribution in [0.25, 0.3) is 0 Å². The summed E-state index contributed by atoms with van der Waals surface area (Å²) in [6, 6.07) is 1.82. The van der Waals surface area contributed by atoms with Crippen LogP contribution >= 0.6 is 23.4 Å². The highest BCUT2D eigenvalue weighted by molar-refractivity contribution is 7.99. The van der Waals surface area contributed by atoms with Crippen LogP contribution in [0.4, 0.5) is 0 Å². The van der Waals surface area contributed by atoms with Gasteiger partial charge in [-0.3, -0.25) is 4.79 Å². The first kappa shape index (κ1) is 14.4. The fourth-order valence-corrected chi connectivity index (χ4v) is 2.38. The van der Waals surface area contributed by atoms with E-state index in [-0.39, 0.29) is 5.78 Å². The number of benzene rings is 1. The summed E-state index contributed by atoms with van der Waals surface area (Å²) in [4.78, 5) is 12.1. The van der Waals surface area contributed by atoms with Crippen molar-refractivity contribution in [3.8, 4) is 5.75 Å². The van der Waals surface area contributed by atoms with Gasteiger partial charge in [0.25, 0.3) is 0 Å². The molecule has 1 aromatic carbocycles. The zero-order chi connectivity index (χ0) is 13.0. The summed E-state index contributed by atoms with van der Waals surface area (Å²) in [6.45, 7) is 5.80. The van der Waals surface area contributed by atoms with Crippen molar-refractivity contribution in [2.75, 3.05) is 18.6 Å². The Labute approximate surface area is 112 Å². The Balaban J connectivity index is 3.21. The molecule has 0 unspecified atom stereocenters. The summed E-state index contributed by atoms with van der Waals surface area (Å²) in [7, 11) is 1.58. The Hall–Kier alpha value is -0.670. The topological polar surface area (TPSA) is 26.3 Å². The predicted octanol–water partition coefficient (Wildman–Crippen LogP) is 3.90. The zero-order valence-electron chi connectivity index (χ0n) is 10.6. The molecule has 0 radical (unpaired) electrons. The van der Waals surface area contributed by atoms with Gasteiger partial charge in [0.05, 0.1) is 18.4 Å². The Morgan fingerprint density at radius 1 is 1.47 bits per heavy atom. The molecule has 0 fully saturated rings. The molecule has 0 saturated heterocycles. The SMILES string of the molecule is CCSCC(=O)c1c(OC)cc(C)c(Cl)c1C. The fourth-order valence-electron chi connectivity index (χ4n) is 1.70. The van der Waals surface area contributed by atoms with E-state index < -0.39 is 0 Å². The average molecular weight is 273 g/mol. The summed E-state index contributed by atoms with van der Waals surface area (Å²) >= 11 is 7.78. The number of hydrogen-bond donors (Lipinski definition) is 0. The highest BCUT2D eigenvalue weighted by Gasteiger charge is 2.18. The second-order valence-corrected chi connectivity index (χ2v) is 5.42. The minimum absolute atomic E-state index is 0.0769. The lowest BCUT2D eigenvalue weighted by Gasteiger charge is -2.14. The van der Waals surface area contributed by atoms with Crippen molar-refractivity contribution in [2.24, 2.45) is 0 Å². The minimum Gasteiger partial charge on any atom is -0.496 e. The lowest BCUT2D eigenvalue weighted by atomic mass is 10.0. The molecule has 0 heterocycles. The van der Waals surface area contributed by atoms with Crippen molar-refractivity contribution >= 4 is 29.1 Å². The molecule has 94 valence electrons. The molecule has 0 spiro atoms. The molecule has 0 bridgehead atoms.